The molecule has 0 spiro atoms. The van der Waals surface area contributed by atoms with Gasteiger partial charge in [0, 0.05) is 13.0 Å². The van der Waals surface area contributed by atoms with Crippen LogP contribution in [-0.2, 0) is 20.7 Å². The highest BCUT2D eigenvalue weighted by molar-refractivity contribution is 5.70. The van der Waals surface area contributed by atoms with Gasteiger partial charge >= 0.3 is 5.97 Å². The topological polar surface area (TPSA) is 55.8 Å². The molecule has 2 rings (SSSR count). The van der Waals surface area contributed by atoms with Gasteiger partial charge in [0.05, 0.1) is 19.1 Å². The molecule has 0 aromatic heterocycles. The molecule has 1 aliphatic carbocycles. The van der Waals surface area contributed by atoms with Crippen LogP contribution in [0, 0.1) is 5.92 Å². The lowest BCUT2D eigenvalue weighted by molar-refractivity contribution is -0.145. The molecule has 0 fully saturated rings. The minimum Gasteiger partial charge on any atom is -0.508 e. The molecule has 0 aliphatic heterocycles. The summed E-state index contributed by atoms with van der Waals surface area (Å²) in [6.07, 6.45) is 0.994. The first-order valence-corrected chi connectivity index (χ1v) is 6.16. The zero-order valence-corrected chi connectivity index (χ0v) is 10.7. The number of rotatable bonds is 4. The van der Waals surface area contributed by atoms with E-state index in [-0.39, 0.29) is 23.7 Å². The van der Waals surface area contributed by atoms with Crippen LogP contribution in [0.4, 0.5) is 0 Å². The number of phenolic OH excluding ortho intramolecular Hbond substituents is 1. The van der Waals surface area contributed by atoms with Gasteiger partial charge in [0.15, 0.2) is 0 Å². The average molecular weight is 250 g/mol. The van der Waals surface area contributed by atoms with Gasteiger partial charge in [0.2, 0.25) is 0 Å². The van der Waals surface area contributed by atoms with E-state index in [1.165, 1.54) is 0 Å². The van der Waals surface area contributed by atoms with E-state index in [2.05, 4.69) is 0 Å². The van der Waals surface area contributed by atoms with Gasteiger partial charge in [0.25, 0.3) is 0 Å². The van der Waals surface area contributed by atoms with Crippen molar-refractivity contribution in [3.05, 3.63) is 29.3 Å². The van der Waals surface area contributed by atoms with Gasteiger partial charge in [0.1, 0.15) is 5.75 Å². The normalized spacial score (nSPS) is 21.7. The van der Waals surface area contributed by atoms with Gasteiger partial charge in [-0.05, 0) is 36.6 Å². The number of esters is 1. The Bertz CT molecular complexity index is 441. The summed E-state index contributed by atoms with van der Waals surface area (Å²) >= 11 is 0. The van der Waals surface area contributed by atoms with Crippen LogP contribution in [-0.4, -0.2) is 24.8 Å². The quantitative estimate of drug-likeness (QED) is 0.832. The molecule has 2 unspecified atom stereocenters. The summed E-state index contributed by atoms with van der Waals surface area (Å²) in [5.74, 6) is 0.146. The number of methoxy groups -OCH3 is 1. The van der Waals surface area contributed by atoms with Crippen molar-refractivity contribution in [3.8, 4) is 5.75 Å². The van der Waals surface area contributed by atoms with Crippen molar-refractivity contribution >= 4 is 5.97 Å². The fourth-order valence-electron chi connectivity index (χ4n) is 2.62. The maximum Gasteiger partial charge on any atom is 0.306 e. The molecular formula is C14H18O4. The molecule has 1 aromatic carbocycles. The van der Waals surface area contributed by atoms with E-state index in [1.807, 2.05) is 6.07 Å². The van der Waals surface area contributed by atoms with E-state index >= 15 is 0 Å². The van der Waals surface area contributed by atoms with Crippen LogP contribution in [0.1, 0.15) is 30.6 Å². The van der Waals surface area contributed by atoms with Crippen molar-refractivity contribution in [2.24, 2.45) is 5.92 Å². The molecule has 0 bridgehead atoms. The highest BCUT2D eigenvalue weighted by Gasteiger charge is 2.34. The van der Waals surface area contributed by atoms with Crippen molar-refractivity contribution in [2.75, 3.05) is 13.7 Å². The van der Waals surface area contributed by atoms with Gasteiger partial charge in [-0.1, -0.05) is 6.07 Å². The lowest BCUT2D eigenvalue weighted by Gasteiger charge is -2.18. The molecule has 1 aliphatic rings. The second-order valence-corrected chi connectivity index (χ2v) is 4.51. The molecule has 2 atom stereocenters. The number of ether oxygens (including phenoxy) is 2. The molecule has 0 saturated carbocycles. The number of hydrogen-bond acceptors (Lipinski definition) is 4. The second-order valence-electron chi connectivity index (χ2n) is 4.51. The van der Waals surface area contributed by atoms with Gasteiger partial charge in [-0.3, -0.25) is 4.79 Å². The van der Waals surface area contributed by atoms with Crippen molar-refractivity contribution in [1.29, 1.82) is 0 Å². The largest absolute Gasteiger partial charge is 0.508 e. The molecule has 0 amide bonds. The summed E-state index contributed by atoms with van der Waals surface area (Å²) in [6, 6.07) is 5.26. The van der Waals surface area contributed by atoms with Crippen LogP contribution < -0.4 is 0 Å². The minimum atomic E-state index is -0.193. The molecule has 18 heavy (non-hydrogen) atoms. The van der Waals surface area contributed by atoms with E-state index in [0.29, 0.717) is 13.0 Å². The second kappa shape index (κ2) is 5.40. The maximum atomic E-state index is 11.6. The molecule has 0 heterocycles. The summed E-state index contributed by atoms with van der Waals surface area (Å²) in [5.41, 5.74) is 2.11. The Balaban J connectivity index is 2.14. The predicted octanol–water partition coefficient (Wildman–Crippen LogP) is 2.21. The van der Waals surface area contributed by atoms with Gasteiger partial charge in [-0.25, -0.2) is 0 Å². The number of aromatic hydroxyl groups is 1. The fourth-order valence-corrected chi connectivity index (χ4v) is 2.62. The molecule has 1 aromatic rings. The minimum absolute atomic E-state index is 0.0887. The van der Waals surface area contributed by atoms with E-state index in [4.69, 9.17) is 9.47 Å². The smallest absolute Gasteiger partial charge is 0.306 e. The fraction of sp³-hybridized carbons (Fsp3) is 0.500. The Kier molecular flexibility index (Phi) is 3.87. The molecule has 0 radical (unpaired) electrons. The van der Waals surface area contributed by atoms with Crippen LogP contribution in [0.15, 0.2) is 18.2 Å². The van der Waals surface area contributed by atoms with Crippen molar-refractivity contribution < 1.29 is 19.4 Å². The first-order valence-electron chi connectivity index (χ1n) is 6.16. The Morgan fingerprint density at radius 2 is 2.28 bits per heavy atom. The number of hydrogen-bond donors (Lipinski definition) is 1. The summed E-state index contributed by atoms with van der Waals surface area (Å²) in [4.78, 5) is 11.6. The highest BCUT2D eigenvalue weighted by Crippen LogP contribution is 2.41. The average Bonchev–Trinajstić information content (AvgIpc) is 2.65. The first kappa shape index (κ1) is 12.9. The third-order valence-electron chi connectivity index (χ3n) is 3.33. The van der Waals surface area contributed by atoms with Crippen molar-refractivity contribution in [1.82, 2.24) is 0 Å². The third kappa shape index (κ3) is 2.48. The number of carbonyl (C=O) groups is 1. The van der Waals surface area contributed by atoms with Crippen LogP contribution in [0.25, 0.3) is 0 Å². The maximum absolute atomic E-state index is 11.6. The molecule has 1 N–H and O–H groups in total. The number of carbonyl (C=O) groups excluding carboxylic acids is 1. The summed E-state index contributed by atoms with van der Waals surface area (Å²) < 4.78 is 10.5. The predicted molar refractivity (Wildman–Crippen MR) is 66.3 cm³/mol. The zero-order valence-electron chi connectivity index (χ0n) is 10.7. The van der Waals surface area contributed by atoms with Crippen LogP contribution in [0.2, 0.25) is 0 Å². The Morgan fingerprint density at radius 1 is 1.50 bits per heavy atom. The third-order valence-corrected chi connectivity index (χ3v) is 3.33. The van der Waals surface area contributed by atoms with Gasteiger partial charge < -0.3 is 14.6 Å². The van der Waals surface area contributed by atoms with Gasteiger partial charge in [-0.15, -0.1) is 0 Å². The molecule has 98 valence electrons. The lowest BCUT2D eigenvalue weighted by Crippen LogP contribution is -2.16. The van der Waals surface area contributed by atoms with E-state index in [1.54, 1.807) is 26.2 Å². The zero-order chi connectivity index (χ0) is 13.1. The summed E-state index contributed by atoms with van der Waals surface area (Å²) in [6.45, 7) is 2.20. The highest BCUT2D eigenvalue weighted by atomic mass is 16.5. The van der Waals surface area contributed by atoms with Crippen molar-refractivity contribution in [2.45, 2.75) is 25.9 Å². The first-order chi connectivity index (χ1) is 8.65. The SMILES string of the molecule is CCOC(=O)CC1Cc2cc(O)ccc2C1OC. The number of benzene rings is 1. The number of fused-ring (bicyclic) bond motifs is 1. The van der Waals surface area contributed by atoms with E-state index in [0.717, 1.165) is 17.5 Å². The van der Waals surface area contributed by atoms with E-state index in [9.17, 15) is 9.90 Å². The Labute approximate surface area is 107 Å². The van der Waals surface area contributed by atoms with Gasteiger partial charge in [-0.2, -0.15) is 0 Å². The Hall–Kier alpha value is -1.55. The lowest BCUT2D eigenvalue weighted by atomic mass is 9.99. The summed E-state index contributed by atoms with van der Waals surface area (Å²) in [7, 11) is 1.64. The molecule has 4 heteroatoms. The van der Waals surface area contributed by atoms with Crippen molar-refractivity contribution in [3.63, 3.8) is 0 Å². The number of phenols is 1. The van der Waals surface area contributed by atoms with Crippen LogP contribution in [0.3, 0.4) is 0 Å². The molecular weight excluding hydrogens is 232 g/mol. The monoisotopic (exact) mass is 250 g/mol. The Morgan fingerprint density at radius 3 is 2.94 bits per heavy atom. The van der Waals surface area contributed by atoms with E-state index < -0.39 is 0 Å². The van der Waals surface area contributed by atoms with Crippen LogP contribution >= 0.6 is 0 Å². The summed E-state index contributed by atoms with van der Waals surface area (Å²) in [5, 5.41) is 9.48. The molecule has 4 nitrogen and oxygen atoms in total. The molecule has 0 saturated heterocycles. The van der Waals surface area contributed by atoms with Crippen LogP contribution in [0.5, 0.6) is 5.75 Å². The standard InChI is InChI=1S/C14H18O4/c1-3-18-13(16)8-10-6-9-7-11(15)4-5-12(9)14(10)17-2/h4-5,7,10,14-15H,3,6,8H2,1-2H3.